The van der Waals surface area contributed by atoms with Gasteiger partial charge in [0.1, 0.15) is 0 Å². The van der Waals surface area contributed by atoms with E-state index in [1.807, 2.05) is 24.3 Å². The Balaban J connectivity index is 1.20. The summed E-state index contributed by atoms with van der Waals surface area (Å²) in [5.74, 6) is 1.85. The van der Waals surface area contributed by atoms with Gasteiger partial charge in [-0.25, -0.2) is 4.98 Å². The molecule has 5 nitrogen and oxygen atoms in total. The summed E-state index contributed by atoms with van der Waals surface area (Å²) in [5.41, 5.74) is 12.3. The molecule has 0 bridgehead atoms. The van der Waals surface area contributed by atoms with E-state index in [2.05, 4.69) is 161 Å². The van der Waals surface area contributed by atoms with Gasteiger partial charge >= 0.3 is 0 Å². The molecule has 0 aliphatic heterocycles. The number of nitrogens with zero attached hydrogens (tertiary/aromatic N) is 5. The van der Waals surface area contributed by atoms with Crippen LogP contribution in [-0.2, 0) is 0 Å². The fraction of sp³-hybridized carbons (Fsp3) is 0. The van der Waals surface area contributed by atoms with Crippen molar-refractivity contribution in [2.24, 2.45) is 0 Å². The maximum Gasteiger partial charge on any atom is 0.238 e. The van der Waals surface area contributed by atoms with E-state index in [0.29, 0.717) is 17.6 Å². The highest BCUT2D eigenvalue weighted by Gasteiger charge is 2.28. The SMILES string of the molecule is c1ccc(-c2cccc(-c3nc(-c4ccccc4)nc(-n4c5cccc6c5c5c7c(ccc8c7c7c-6cccc7n8-c6ccccc6)ccc54)n3)c2)cc1. The highest BCUT2D eigenvalue weighted by Crippen LogP contribution is 2.51. The molecule has 11 aromatic rings. The molecular formula is C49H29N5. The first kappa shape index (κ1) is 29.2. The zero-order chi connectivity index (χ0) is 35.3. The summed E-state index contributed by atoms with van der Waals surface area (Å²) in [6.07, 6.45) is 0. The molecule has 0 radical (unpaired) electrons. The summed E-state index contributed by atoms with van der Waals surface area (Å²) in [4.78, 5) is 15.7. The quantitative estimate of drug-likeness (QED) is 0.181. The summed E-state index contributed by atoms with van der Waals surface area (Å²) in [6, 6.07) is 62.3. The van der Waals surface area contributed by atoms with Gasteiger partial charge in [0, 0.05) is 43.7 Å². The number of rotatable bonds is 5. The van der Waals surface area contributed by atoms with Gasteiger partial charge in [-0.3, -0.25) is 4.57 Å². The van der Waals surface area contributed by atoms with E-state index < -0.39 is 0 Å². The van der Waals surface area contributed by atoms with Gasteiger partial charge in [-0.15, -0.1) is 0 Å². The lowest BCUT2D eigenvalue weighted by atomic mass is 9.98. The Bertz CT molecular complexity index is 3310. The normalized spacial score (nSPS) is 12.1. The molecule has 3 aromatic heterocycles. The number of para-hydroxylation sites is 1. The Morgan fingerprint density at radius 3 is 1.48 bits per heavy atom. The van der Waals surface area contributed by atoms with Gasteiger partial charge in [0.15, 0.2) is 11.6 Å². The van der Waals surface area contributed by atoms with Crippen LogP contribution in [0.1, 0.15) is 0 Å². The molecule has 8 aromatic carbocycles. The van der Waals surface area contributed by atoms with Gasteiger partial charge in [0.2, 0.25) is 5.95 Å². The van der Waals surface area contributed by atoms with Crippen LogP contribution < -0.4 is 0 Å². The standard InChI is InChI=1S/C49H29N5/c1-4-13-30(14-5-1)33-17-10-18-34(29-33)48-50-47(32-15-6-2-7-16-32)51-49(52-48)54-39-24-12-22-37-36-21-11-23-38-43(36)45-40(53(38)35-19-8-3-9-20-35)27-25-31-26-28-41(54)46(42(31)45)44(37)39/h1-29H. The van der Waals surface area contributed by atoms with Crippen LogP contribution in [0.4, 0.5) is 0 Å². The van der Waals surface area contributed by atoms with Gasteiger partial charge in [-0.05, 0) is 70.1 Å². The van der Waals surface area contributed by atoms with E-state index in [1.54, 1.807) is 0 Å². The lowest BCUT2D eigenvalue weighted by Gasteiger charge is -2.12. The summed E-state index contributed by atoms with van der Waals surface area (Å²) in [7, 11) is 0. The van der Waals surface area contributed by atoms with Crippen molar-refractivity contribution >= 4 is 54.4 Å². The first-order chi connectivity index (χ1) is 26.8. The molecule has 3 heterocycles. The molecular weight excluding hydrogens is 659 g/mol. The second kappa shape index (κ2) is 11.1. The van der Waals surface area contributed by atoms with E-state index in [0.717, 1.165) is 39.0 Å². The molecule has 54 heavy (non-hydrogen) atoms. The van der Waals surface area contributed by atoms with Crippen molar-refractivity contribution in [2.75, 3.05) is 0 Å². The van der Waals surface area contributed by atoms with Crippen molar-refractivity contribution in [3.8, 4) is 56.7 Å². The number of hydrogen-bond acceptors (Lipinski definition) is 3. The zero-order valence-electron chi connectivity index (χ0n) is 29.0. The van der Waals surface area contributed by atoms with E-state index in [1.165, 1.54) is 54.5 Å². The molecule has 12 rings (SSSR count). The van der Waals surface area contributed by atoms with Gasteiger partial charge in [-0.2, -0.15) is 9.97 Å². The fourth-order valence-electron chi connectivity index (χ4n) is 8.81. The Morgan fingerprint density at radius 1 is 0.315 bits per heavy atom. The third kappa shape index (κ3) is 4.06. The predicted octanol–water partition coefficient (Wildman–Crippen LogP) is 12.2. The maximum absolute atomic E-state index is 5.31. The van der Waals surface area contributed by atoms with E-state index >= 15 is 0 Å². The highest BCUT2D eigenvalue weighted by atomic mass is 15.2. The van der Waals surface area contributed by atoms with Crippen LogP contribution in [0, 0.1) is 0 Å². The maximum atomic E-state index is 5.31. The van der Waals surface area contributed by atoms with Crippen LogP contribution in [0.25, 0.3) is 111 Å². The van der Waals surface area contributed by atoms with Crippen LogP contribution >= 0.6 is 0 Å². The summed E-state index contributed by atoms with van der Waals surface area (Å²) >= 11 is 0. The number of benzene rings is 8. The van der Waals surface area contributed by atoms with Crippen LogP contribution in [0.3, 0.4) is 0 Å². The molecule has 0 saturated carbocycles. The smallest absolute Gasteiger partial charge is 0.238 e. The molecule has 0 spiro atoms. The molecule has 0 saturated heterocycles. The van der Waals surface area contributed by atoms with Crippen molar-refractivity contribution in [1.29, 1.82) is 0 Å². The Hall–Kier alpha value is -7.37. The topological polar surface area (TPSA) is 48.5 Å². The van der Waals surface area contributed by atoms with Gasteiger partial charge < -0.3 is 4.57 Å². The van der Waals surface area contributed by atoms with Crippen molar-refractivity contribution in [3.05, 3.63) is 176 Å². The fourth-order valence-corrected chi connectivity index (χ4v) is 8.81. The van der Waals surface area contributed by atoms with E-state index in [9.17, 15) is 0 Å². The van der Waals surface area contributed by atoms with Crippen LogP contribution in [-0.4, -0.2) is 24.1 Å². The molecule has 0 atom stereocenters. The number of aromatic nitrogens is 5. The predicted molar refractivity (Wildman–Crippen MR) is 221 cm³/mol. The van der Waals surface area contributed by atoms with Crippen molar-refractivity contribution in [3.63, 3.8) is 0 Å². The number of hydrogen-bond donors (Lipinski definition) is 0. The lowest BCUT2D eigenvalue weighted by Crippen LogP contribution is -2.06. The molecule has 0 fully saturated rings. The molecule has 1 aliphatic rings. The molecule has 5 heteroatoms. The van der Waals surface area contributed by atoms with Crippen LogP contribution in [0.2, 0.25) is 0 Å². The Morgan fingerprint density at radius 2 is 0.815 bits per heavy atom. The van der Waals surface area contributed by atoms with Crippen molar-refractivity contribution in [2.45, 2.75) is 0 Å². The highest BCUT2D eigenvalue weighted by molar-refractivity contribution is 6.38. The minimum Gasteiger partial charge on any atom is -0.309 e. The monoisotopic (exact) mass is 687 g/mol. The molecule has 0 amide bonds. The number of fused-ring (bicyclic) bond motifs is 1. The average Bonchev–Trinajstić information content (AvgIpc) is 3.73. The minimum atomic E-state index is 0.591. The van der Waals surface area contributed by atoms with Gasteiger partial charge in [0.25, 0.3) is 0 Å². The molecule has 1 aliphatic carbocycles. The summed E-state index contributed by atoms with van der Waals surface area (Å²) in [6.45, 7) is 0. The second-order valence-electron chi connectivity index (χ2n) is 14.0. The van der Waals surface area contributed by atoms with Crippen molar-refractivity contribution in [1.82, 2.24) is 24.1 Å². The molecule has 250 valence electrons. The molecule has 0 N–H and O–H groups in total. The van der Waals surface area contributed by atoms with Crippen LogP contribution in [0.15, 0.2) is 176 Å². The van der Waals surface area contributed by atoms with E-state index in [4.69, 9.17) is 15.0 Å². The third-order valence-corrected chi connectivity index (χ3v) is 11.1. The summed E-state index contributed by atoms with van der Waals surface area (Å²) < 4.78 is 4.67. The third-order valence-electron chi connectivity index (χ3n) is 11.1. The second-order valence-corrected chi connectivity index (χ2v) is 14.0. The zero-order valence-corrected chi connectivity index (χ0v) is 29.0. The molecule has 0 unspecified atom stereocenters. The van der Waals surface area contributed by atoms with Crippen molar-refractivity contribution < 1.29 is 0 Å². The minimum absolute atomic E-state index is 0.591. The largest absolute Gasteiger partial charge is 0.309 e. The first-order valence-electron chi connectivity index (χ1n) is 18.3. The van der Waals surface area contributed by atoms with E-state index in [-0.39, 0.29) is 0 Å². The van der Waals surface area contributed by atoms with Crippen LogP contribution in [0.5, 0.6) is 0 Å². The average molecular weight is 688 g/mol. The van der Waals surface area contributed by atoms with Gasteiger partial charge in [-0.1, -0.05) is 133 Å². The van der Waals surface area contributed by atoms with Gasteiger partial charge in [0.05, 0.1) is 22.1 Å². The Kier molecular flexibility index (Phi) is 5.99. The Labute approximate surface area is 310 Å². The summed E-state index contributed by atoms with van der Waals surface area (Å²) in [5, 5.41) is 7.49. The lowest BCUT2D eigenvalue weighted by molar-refractivity contribution is 0.954. The first-order valence-corrected chi connectivity index (χ1v) is 18.3.